The Morgan fingerprint density at radius 1 is 1.23 bits per heavy atom. The molecule has 0 spiro atoms. The first-order valence-electron chi connectivity index (χ1n) is 9.18. The number of carbonyl (C=O) groups is 3. The monoisotopic (exact) mass is 433 g/mol. The number of amidine groups is 1. The average Bonchev–Trinajstić information content (AvgIpc) is 2.72. The van der Waals surface area contributed by atoms with E-state index in [0.29, 0.717) is 11.1 Å². The quantitative estimate of drug-likeness (QED) is 0.299. The van der Waals surface area contributed by atoms with Crippen LogP contribution in [0.5, 0.6) is 0 Å². The Balaban J connectivity index is 2.44. The fraction of sp³-hybridized carbons (Fsp3) is 0.238. The summed E-state index contributed by atoms with van der Waals surface area (Å²) in [7, 11) is 0. The summed E-state index contributed by atoms with van der Waals surface area (Å²) in [5, 5.41) is 16.6. The summed E-state index contributed by atoms with van der Waals surface area (Å²) in [5.41, 5.74) is 5.10. The molecule has 0 aliphatic rings. The highest BCUT2D eigenvalue weighted by molar-refractivity contribution is 5.94. The lowest BCUT2D eigenvalue weighted by molar-refractivity contribution is -0.151. The Morgan fingerprint density at radius 3 is 2.39 bits per heavy atom. The van der Waals surface area contributed by atoms with E-state index in [4.69, 9.17) is 15.9 Å². The Morgan fingerprint density at radius 2 is 1.87 bits per heavy atom. The zero-order valence-electron chi connectivity index (χ0n) is 16.6. The summed E-state index contributed by atoms with van der Waals surface area (Å²) >= 11 is 0. The third-order valence-corrected chi connectivity index (χ3v) is 4.38. The van der Waals surface area contributed by atoms with E-state index in [1.54, 1.807) is 12.1 Å². The maximum absolute atomic E-state index is 14.7. The molecule has 8 nitrogen and oxygen atoms in total. The van der Waals surface area contributed by atoms with Crippen LogP contribution in [0.25, 0.3) is 0 Å². The Kier molecular flexibility index (Phi) is 7.92. The normalized spacial score (nSPS) is 11.6. The molecule has 4 N–H and O–H groups in total. The molecule has 2 aromatic carbocycles. The average molecular weight is 433 g/mol. The third kappa shape index (κ3) is 5.70. The van der Waals surface area contributed by atoms with E-state index in [9.17, 15) is 28.3 Å². The number of benzene rings is 2. The van der Waals surface area contributed by atoms with Gasteiger partial charge in [0, 0.05) is 18.7 Å². The second-order valence-corrected chi connectivity index (χ2v) is 6.52. The first-order valence-corrected chi connectivity index (χ1v) is 9.18. The highest BCUT2D eigenvalue weighted by Gasteiger charge is 2.33. The summed E-state index contributed by atoms with van der Waals surface area (Å²) < 4.78 is 34.4. The highest BCUT2D eigenvalue weighted by atomic mass is 19.1. The van der Waals surface area contributed by atoms with Gasteiger partial charge in [-0.05, 0) is 24.6 Å². The number of carbonyl (C=O) groups excluding carboxylic acids is 2. The highest BCUT2D eigenvalue weighted by Crippen LogP contribution is 2.28. The number of carboxylic acids is 1. The van der Waals surface area contributed by atoms with Crippen LogP contribution in [-0.2, 0) is 20.9 Å². The number of halogens is 2. The largest absolute Gasteiger partial charge is 0.480 e. The zero-order chi connectivity index (χ0) is 23.1. The van der Waals surface area contributed by atoms with Gasteiger partial charge in [0.25, 0.3) is 5.91 Å². The van der Waals surface area contributed by atoms with Crippen LogP contribution < -0.4 is 5.73 Å². The van der Waals surface area contributed by atoms with E-state index in [1.807, 2.05) is 0 Å². The number of carboxylic acid groups (broad SMARTS) is 1. The molecule has 1 atom stereocenters. The van der Waals surface area contributed by atoms with Crippen molar-refractivity contribution < 1.29 is 33.0 Å². The van der Waals surface area contributed by atoms with Crippen molar-refractivity contribution >= 4 is 24.0 Å². The van der Waals surface area contributed by atoms with Crippen molar-refractivity contribution in [2.45, 2.75) is 19.6 Å². The molecule has 10 heteroatoms. The SMILES string of the molecule is CCOC(C(=O)N(CC(=O)O)Cc1ccc(C(=N)N)cc1)c1c(F)ccc(C=O)c1F. The second kappa shape index (κ2) is 10.4. The van der Waals surface area contributed by atoms with Crippen LogP contribution in [0.2, 0.25) is 0 Å². The Bertz CT molecular complexity index is 995. The molecule has 0 aliphatic heterocycles. The molecule has 0 radical (unpaired) electrons. The molecular formula is C21H21F2N3O5. The number of aliphatic carboxylic acids is 1. The van der Waals surface area contributed by atoms with Gasteiger partial charge in [-0.1, -0.05) is 24.3 Å². The molecule has 0 fully saturated rings. The zero-order valence-corrected chi connectivity index (χ0v) is 16.6. The standard InChI is InChI=1S/C21H21F2N3O5/c1-2-31-19(17-15(22)8-7-14(11-27)18(17)23)21(30)26(10-16(28)29)9-12-3-5-13(6-4-12)20(24)25/h3-8,11,19H,2,9-10H2,1H3,(H3,24,25)(H,28,29). The van der Waals surface area contributed by atoms with Crippen molar-refractivity contribution in [2.24, 2.45) is 5.73 Å². The van der Waals surface area contributed by atoms with Gasteiger partial charge >= 0.3 is 5.97 Å². The molecule has 1 unspecified atom stereocenters. The van der Waals surface area contributed by atoms with Crippen LogP contribution in [0, 0.1) is 17.0 Å². The van der Waals surface area contributed by atoms with Gasteiger partial charge in [-0.25, -0.2) is 8.78 Å². The minimum Gasteiger partial charge on any atom is -0.480 e. The predicted octanol–water partition coefficient (Wildman–Crippen LogP) is 2.25. The molecule has 2 rings (SSSR count). The maximum Gasteiger partial charge on any atom is 0.323 e. The van der Waals surface area contributed by atoms with Crippen LogP contribution in [0.1, 0.15) is 40.1 Å². The molecule has 1 amide bonds. The number of nitrogens with one attached hydrogen (secondary N) is 1. The molecule has 0 saturated carbocycles. The van der Waals surface area contributed by atoms with Gasteiger partial charge in [0.1, 0.15) is 24.0 Å². The van der Waals surface area contributed by atoms with Gasteiger partial charge in [-0.3, -0.25) is 19.8 Å². The third-order valence-electron chi connectivity index (χ3n) is 4.38. The molecule has 164 valence electrons. The summed E-state index contributed by atoms with van der Waals surface area (Å²) in [5.74, 6) is -4.84. The molecule has 2 aromatic rings. The van der Waals surface area contributed by atoms with Gasteiger partial charge in [-0.15, -0.1) is 0 Å². The van der Waals surface area contributed by atoms with Crippen molar-refractivity contribution in [1.29, 1.82) is 5.41 Å². The fourth-order valence-corrected chi connectivity index (χ4v) is 2.91. The van der Waals surface area contributed by atoms with Gasteiger partial charge in [0.05, 0.1) is 11.1 Å². The van der Waals surface area contributed by atoms with Crippen molar-refractivity contribution in [3.8, 4) is 0 Å². The lowest BCUT2D eigenvalue weighted by Gasteiger charge is -2.27. The smallest absolute Gasteiger partial charge is 0.323 e. The number of rotatable bonds is 10. The van der Waals surface area contributed by atoms with Gasteiger partial charge in [-0.2, -0.15) is 0 Å². The number of nitrogen functional groups attached to an aromatic ring is 1. The van der Waals surface area contributed by atoms with E-state index >= 15 is 0 Å². The van der Waals surface area contributed by atoms with E-state index < -0.39 is 47.3 Å². The van der Waals surface area contributed by atoms with E-state index in [2.05, 4.69) is 0 Å². The van der Waals surface area contributed by atoms with Crippen molar-refractivity contribution in [1.82, 2.24) is 4.90 Å². The number of nitrogens with zero attached hydrogens (tertiary/aromatic N) is 1. The second-order valence-electron chi connectivity index (χ2n) is 6.52. The molecular weight excluding hydrogens is 412 g/mol. The molecule has 0 aliphatic carbocycles. The fourth-order valence-electron chi connectivity index (χ4n) is 2.91. The van der Waals surface area contributed by atoms with Gasteiger partial charge in [0.2, 0.25) is 0 Å². The van der Waals surface area contributed by atoms with Crippen LogP contribution in [0.15, 0.2) is 36.4 Å². The molecule has 0 bridgehead atoms. The Labute approximate surface area is 176 Å². The Hall–Kier alpha value is -3.66. The van der Waals surface area contributed by atoms with Crippen molar-refractivity contribution in [3.63, 3.8) is 0 Å². The van der Waals surface area contributed by atoms with Crippen LogP contribution in [0.3, 0.4) is 0 Å². The summed E-state index contributed by atoms with van der Waals surface area (Å²) in [4.78, 5) is 36.3. The van der Waals surface area contributed by atoms with Crippen molar-refractivity contribution in [3.05, 3.63) is 70.3 Å². The summed E-state index contributed by atoms with van der Waals surface area (Å²) in [6.45, 7) is 0.438. The van der Waals surface area contributed by atoms with Gasteiger partial charge < -0.3 is 20.5 Å². The van der Waals surface area contributed by atoms with E-state index in [0.717, 1.165) is 17.0 Å². The number of ether oxygens (including phenoxy) is 1. The first-order chi connectivity index (χ1) is 14.7. The number of hydrogen-bond acceptors (Lipinski definition) is 5. The molecule has 0 heterocycles. The molecule has 31 heavy (non-hydrogen) atoms. The van der Waals surface area contributed by atoms with Crippen molar-refractivity contribution in [2.75, 3.05) is 13.2 Å². The minimum absolute atomic E-state index is 0.102. The van der Waals surface area contributed by atoms with Crippen LogP contribution in [0.4, 0.5) is 8.78 Å². The topological polar surface area (TPSA) is 134 Å². The van der Waals surface area contributed by atoms with E-state index in [-0.39, 0.29) is 25.3 Å². The number of hydrogen-bond donors (Lipinski definition) is 3. The minimum atomic E-state index is -1.79. The van der Waals surface area contributed by atoms with E-state index in [1.165, 1.54) is 19.1 Å². The predicted molar refractivity (Wildman–Crippen MR) is 107 cm³/mol. The lowest BCUT2D eigenvalue weighted by atomic mass is 10.0. The molecule has 0 saturated heterocycles. The lowest BCUT2D eigenvalue weighted by Crippen LogP contribution is -2.39. The first kappa shape index (κ1) is 23.6. The van der Waals surface area contributed by atoms with Crippen LogP contribution in [-0.4, -0.2) is 47.2 Å². The number of amides is 1. The maximum atomic E-state index is 14.7. The summed E-state index contributed by atoms with van der Waals surface area (Å²) in [6, 6.07) is 7.90. The summed E-state index contributed by atoms with van der Waals surface area (Å²) in [6.07, 6.45) is -1.61. The van der Waals surface area contributed by atoms with Gasteiger partial charge in [0.15, 0.2) is 12.4 Å². The number of aldehydes is 1. The number of nitrogens with two attached hydrogens (primary N) is 1. The van der Waals surface area contributed by atoms with Crippen LogP contribution >= 0.6 is 0 Å². The molecule has 0 aromatic heterocycles.